The van der Waals surface area contributed by atoms with Gasteiger partial charge in [0.2, 0.25) is 0 Å². The fraction of sp³-hybridized carbons (Fsp3) is 0.172. The number of fused-ring (bicyclic) bond motifs is 1. The molecule has 8 nitrogen and oxygen atoms in total. The Labute approximate surface area is 222 Å². The number of hydrogen-bond donors (Lipinski definition) is 2. The molecule has 1 saturated heterocycles. The van der Waals surface area contributed by atoms with Crippen molar-refractivity contribution in [3.63, 3.8) is 0 Å². The molecule has 0 saturated carbocycles. The van der Waals surface area contributed by atoms with Crippen molar-refractivity contribution in [1.82, 2.24) is 4.98 Å². The van der Waals surface area contributed by atoms with Crippen LogP contribution in [0.5, 0.6) is 0 Å². The number of hydrogen-bond acceptors (Lipinski definition) is 6. The number of sulfonamides is 1. The molecular weight excluding hydrogens is 502 g/mol. The third-order valence-electron chi connectivity index (χ3n) is 5.94. The van der Waals surface area contributed by atoms with Crippen molar-refractivity contribution in [2.45, 2.75) is 11.8 Å². The van der Waals surface area contributed by atoms with Crippen molar-refractivity contribution in [2.75, 3.05) is 35.9 Å². The lowest BCUT2D eigenvalue weighted by atomic mass is 10.1. The third-order valence-corrected chi connectivity index (χ3v) is 7.33. The number of carboxylic acids is 1. The van der Waals surface area contributed by atoms with Gasteiger partial charge in [-0.1, -0.05) is 54.8 Å². The highest BCUT2D eigenvalue weighted by Gasteiger charge is 2.22. The molecule has 0 amide bonds. The van der Waals surface area contributed by atoms with Gasteiger partial charge >= 0.3 is 5.97 Å². The maximum atomic E-state index is 13.6. The molecule has 0 aliphatic carbocycles. The van der Waals surface area contributed by atoms with Crippen molar-refractivity contribution in [3.8, 4) is 11.8 Å². The predicted molar refractivity (Wildman–Crippen MR) is 149 cm³/mol. The van der Waals surface area contributed by atoms with Gasteiger partial charge in [-0.15, -0.1) is 0 Å². The van der Waals surface area contributed by atoms with Gasteiger partial charge in [-0.3, -0.25) is 9.71 Å². The van der Waals surface area contributed by atoms with Crippen molar-refractivity contribution in [2.24, 2.45) is 0 Å². The molecule has 194 valence electrons. The lowest BCUT2D eigenvalue weighted by Gasteiger charge is -2.29. The van der Waals surface area contributed by atoms with Crippen LogP contribution >= 0.6 is 0 Å². The highest BCUT2D eigenvalue weighted by atomic mass is 32.2. The summed E-state index contributed by atoms with van der Waals surface area (Å²) >= 11 is 0. The van der Waals surface area contributed by atoms with E-state index in [1.54, 1.807) is 42.6 Å². The molecule has 2 heterocycles. The summed E-state index contributed by atoms with van der Waals surface area (Å²) < 4.78 is 35.3. The van der Waals surface area contributed by atoms with Crippen LogP contribution in [0.15, 0.2) is 95.6 Å². The Bertz CT molecular complexity index is 1610. The van der Waals surface area contributed by atoms with E-state index in [4.69, 9.17) is 9.84 Å². The maximum Gasteiger partial charge on any atom is 0.331 e. The van der Waals surface area contributed by atoms with E-state index in [0.717, 1.165) is 11.1 Å². The number of aromatic nitrogens is 1. The van der Waals surface area contributed by atoms with Crippen LogP contribution in [0.25, 0.3) is 10.9 Å². The quantitative estimate of drug-likeness (QED) is 0.266. The zero-order chi connectivity index (χ0) is 27.1. The first-order valence-electron chi connectivity index (χ1n) is 11.9. The van der Waals surface area contributed by atoms with Crippen LogP contribution in [-0.4, -0.2) is 50.8 Å². The fourth-order valence-corrected chi connectivity index (χ4v) is 5.15. The molecule has 1 aromatic heterocycles. The van der Waals surface area contributed by atoms with Gasteiger partial charge in [-0.2, -0.15) is 0 Å². The highest BCUT2D eigenvalue weighted by molar-refractivity contribution is 7.93. The predicted octanol–water partition coefficient (Wildman–Crippen LogP) is 4.37. The molecule has 1 aliphatic rings. The molecule has 2 aromatic carbocycles. The van der Waals surface area contributed by atoms with Gasteiger partial charge < -0.3 is 14.7 Å². The number of aliphatic carboxylic acids is 1. The number of para-hydroxylation sites is 2. The number of ether oxygens (including phenoxy) is 1. The highest BCUT2D eigenvalue weighted by Crippen LogP contribution is 2.31. The number of rotatable bonds is 7. The van der Waals surface area contributed by atoms with E-state index in [0.29, 0.717) is 48.6 Å². The summed E-state index contributed by atoms with van der Waals surface area (Å²) in [6, 6.07) is 13.8. The van der Waals surface area contributed by atoms with Gasteiger partial charge in [0.1, 0.15) is 4.90 Å². The summed E-state index contributed by atoms with van der Waals surface area (Å²) in [5.74, 6) is 4.84. The minimum Gasteiger partial charge on any atom is -0.478 e. The van der Waals surface area contributed by atoms with Crippen molar-refractivity contribution < 1.29 is 23.1 Å². The molecule has 3 aromatic rings. The molecule has 1 aliphatic heterocycles. The molecule has 0 atom stereocenters. The second-order valence-corrected chi connectivity index (χ2v) is 10.1. The van der Waals surface area contributed by atoms with Crippen molar-refractivity contribution in [3.05, 3.63) is 96.2 Å². The first-order valence-corrected chi connectivity index (χ1v) is 13.4. The topological polar surface area (TPSA) is 109 Å². The Morgan fingerprint density at radius 2 is 1.89 bits per heavy atom. The number of carboxylic acid groups (broad SMARTS) is 1. The minimum absolute atomic E-state index is 0.0637. The molecule has 0 radical (unpaired) electrons. The zero-order valence-electron chi connectivity index (χ0n) is 20.8. The fourth-order valence-electron chi connectivity index (χ4n) is 3.90. The van der Waals surface area contributed by atoms with E-state index < -0.39 is 16.0 Å². The Hall–Kier alpha value is -4.39. The summed E-state index contributed by atoms with van der Waals surface area (Å²) in [6.07, 6.45) is 6.10. The van der Waals surface area contributed by atoms with E-state index in [1.807, 2.05) is 12.1 Å². The summed E-state index contributed by atoms with van der Waals surface area (Å²) in [6.45, 7) is 7.84. The normalized spacial score (nSPS) is 14.5. The van der Waals surface area contributed by atoms with Gasteiger partial charge in [0.15, 0.2) is 0 Å². The molecular formula is C29H27N3O5S. The average Bonchev–Trinajstić information content (AvgIpc) is 2.93. The number of nitrogens with zero attached hydrogens (tertiary/aromatic N) is 2. The Kier molecular flexibility index (Phi) is 8.26. The lowest BCUT2D eigenvalue weighted by Crippen LogP contribution is -2.36. The number of benzene rings is 2. The van der Waals surface area contributed by atoms with E-state index in [2.05, 4.69) is 33.0 Å². The monoisotopic (exact) mass is 529 g/mol. The van der Waals surface area contributed by atoms with Gasteiger partial charge in [0.05, 0.1) is 24.4 Å². The van der Waals surface area contributed by atoms with E-state index in [1.165, 1.54) is 25.1 Å². The van der Waals surface area contributed by atoms with Gasteiger partial charge in [0, 0.05) is 47.1 Å². The SMILES string of the molecule is C=C/C(C#Cc1ccccc1NS(=O)(=O)c1cccc2c(N3CCOCC3)ccnc12)=C\C=C(/C)C(=O)O. The van der Waals surface area contributed by atoms with E-state index in [-0.39, 0.29) is 10.5 Å². The Morgan fingerprint density at radius 1 is 1.13 bits per heavy atom. The van der Waals surface area contributed by atoms with E-state index in [9.17, 15) is 13.2 Å². The van der Waals surface area contributed by atoms with Crippen LogP contribution in [-0.2, 0) is 19.6 Å². The molecule has 1 fully saturated rings. The number of anilines is 2. The molecule has 0 spiro atoms. The summed E-state index contributed by atoms with van der Waals surface area (Å²) in [5.41, 5.74) is 2.69. The van der Waals surface area contributed by atoms with Crippen LogP contribution < -0.4 is 9.62 Å². The smallest absolute Gasteiger partial charge is 0.331 e. The van der Waals surface area contributed by atoms with Crippen molar-refractivity contribution >= 4 is 38.3 Å². The van der Waals surface area contributed by atoms with Crippen molar-refractivity contribution in [1.29, 1.82) is 0 Å². The first-order chi connectivity index (χ1) is 18.3. The zero-order valence-corrected chi connectivity index (χ0v) is 21.7. The number of morpholine rings is 1. The van der Waals surface area contributed by atoms with Gasteiger partial charge in [0.25, 0.3) is 10.0 Å². The summed E-state index contributed by atoms with van der Waals surface area (Å²) in [4.78, 5) is 17.7. The molecule has 0 unspecified atom stereocenters. The van der Waals surface area contributed by atoms with E-state index >= 15 is 0 Å². The number of allylic oxidation sites excluding steroid dienone is 4. The van der Waals surface area contributed by atoms with Crippen LogP contribution in [0, 0.1) is 11.8 Å². The molecule has 2 N–H and O–H groups in total. The molecule has 38 heavy (non-hydrogen) atoms. The third kappa shape index (κ3) is 6.11. The molecule has 0 bridgehead atoms. The van der Waals surface area contributed by atoms with Crippen LogP contribution in [0.3, 0.4) is 0 Å². The average molecular weight is 530 g/mol. The minimum atomic E-state index is -4.02. The van der Waals surface area contributed by atoms with Crippen LogP contribution in [0.2, 0.25) is 0 Å². The largest absolute Gasteiger partial charge is 0.478 e. The van der Waals surface area contributed by atoms with Crippen LogP contribution in [0.4, 0.5) is 11.4 Å². The first kappa shape index (κ1) is 26.7. The van der Waals surface area contributed by atoms with Gasteiger partial charge in [-0.25, -0.2) is 13.2 Å². The Balaban J connectivity index is 1.68. The Morgan fingerprint density at radius 3 is 2.63 bits per heavy atom. The second kappa shape index (κ2) is 11.8. The summed E-state index contributed by atoms with van der Waals surface area (Å²) in [5, 5.41) is 9.77. The maximum absolute atomic E-state index is 13.6. The van der Waals surface area contributed by atoms with Gasteiger partial charge in [-0.05, 0) is 37.3 Å². The standard InChI is InChI=1S/C29H27N3O5S/c1-3-22(12-11-21(2)29(33)34)13-14-23-7-4-5-9-25(23)31-38(35,36)27-10-6-8-24-26(15-16-30-28(24)27)32-17-19-37-20-18-32/h3-12,15-16,31H,1,17-20H2,2H3,(H,33,34)/b21-11+,22-12+. The number of nitrogens with one attached hydrogen (secondary N) is 1. The second-order valence-electron chi connectivity index (χ2n) is 8.46. The number of pyridine rings is 1. The lowest BCUT2D eigenvalue weighted by molar-refractivity contribution is -0.132. The number of carbonyl (C=O) groups is 1. The molecule has 4 rings (SSSR count). The van der Waals surface area contributed by atoms with Crippen LogP contribution in [0.1, 0.15) is 12.5 Å². The summed E-state index contributed by atoms with van der Waals surface area (Å²) in [7, 11) is -4.02. The molecule has 9 heteroatoms.